The Kier molecular flexibility index (Phi) is 5.40. The molecule has 1 aliphatic heterocycles. The molecule has 1 N–H and O–H groups in total. The highest BCUT2D eigenvalue weighted by molar-refractivity contribution is 5.81. The third-order valence-corrected chi connectivity index (χ3v) is 2.87. The van der Waals surface area contributed by atoms with Crippen LogP contribution in [0, 0.1) is 5.41 Å². The maximum Gasteiger partial charge on any atom is 0.228 e. The van der Waals surface area contributed by atoms with Crippen LogP contribution in [0.25, 0.3) is 0 Å². The van der Waals surface area contributed by atoms with Gasteiger partial charge in [-0.1, -0.05) is 27.7 Å². The van der Waals surface area contributed by atoms with Crippen LogP contribution in [0.15, 0.2) is 0 Å². The molecular weight excluding hydrogens is 216 g/mol. The lowest BCUT2D eigenvalue weighted by molar-refractivity contribution is -0.146. The second kappa shape index (κ2) is 6.36. The summed E-state index contributed by atoms with van der Waals surface area (Å²) in [4.78, 5) is 14.1. The molecule has 4 nitrogen and oxygen atoms in total. The Morgan fingerprint density at radius 2 is 2.18 bits per heavy atom. The molecule has 0 saturated carbocycles. The van der Waals surface area contributed by atoms with Crippen molar-refractivity contribution in [3.63, 3.8) is 0 Å². The maximum atomic E-state index is 12.1. The number of nitrogens with zero attached hydrogens (tertiary/aromatic N) is 1. The SMILES string of the molecule is CCCNCC1CN(C(=O)C(C)(C)C)CCO1. The first-order chi connectivity index (χ1) is 7.95. The Morgan fingerprint density at radius 3 is 2.76 bits per heavy atom. The first kappa shape index (κ1) is 14.5. The molecule has 4 heteroatoms. The molecule has 1 amide bonds. The van der Waals surface area contributed by atoms with E-state index in [-0.39, 0.29) is 17.4 Å². The van der Waals surface area contributed by atoms with Gasteiger partial charge in [-0.15, -0.1) is 0 Å². The maximum absolute atomic E-state index is 12.1. The van der Waals surface area contributed by atoms with Crippen molar-refractivity contribution in [2.24, 2.45) is 5.41 Å². The van der Waals surface area contributed by atoms with Crippen LogP contribution in [0.3, 0.4) is 0 Å². The molecule has 0 radical (unpaired) electrons. The third kappa shape index (κ3) is 4.64. The lowest BCUT2D eigenvalue weighted by atomic mass is 9.94. The van der Waals surface area contributed by atoms with Crippen LogP contribution in [-0.2, 0) is 9.53 Å². The number of carbonyl (C=O) groups is 1. The highest BCUT2D eigenvalue weighted by atomic mass is 16.5. The van der Waals surface area contributed by atoms with E-state index in [1.807, 2.05) is 25.7 Å². The minimum Gasteiger partial charge on any atom is -0.373 e. The molecule has 100 valence electrons. The van der Waals surface area contributed by atoms with E-state index in [1.54, 1.807) is 0 Å². The van der Waals surface area contributed by atoms with Crippen molar-refractivity contribution in [2.45, 2.75) is 40.2 Å². The zero-order valence-corrected chi connectivity index (χ0v) is 11.6. The number of rotatable bonds is 4. The zero-order chi connectivity index (χ0) is 12.9. The van der Waals surface area contributed by atoms with Crippen molar-refractivity contribution in [1.82, 2.24) is 10.2 Å². The Balaban J connectivity index is 2.41. The second-order valence-electron chi connectivity index (χ2n) is 5.70. The molecule has 0 bridgehead atoms. The quantitative estimate of drug-likeness (QED) is 0.755. The lowest BCUT2D eigenvalue weighted by Crippen LogP contribution is -2.51. The van der Waals surface area contributed by atoms with Crippen LogP contribution in [-0.4, -0.2) is 49.7 Å². The summed E-state index contributed by atoms with van der Waals surface area (Å²) in [6.45, 7) is 12.0. The molecule has 1 aliphatic rings. The third-order valence-electron chi connectivity index (χ3n) is 2.87. The predicted molar refractivity (Wildman–Crippen MR) is 68.9 cm³/mol. The van der Waals surface area contributed by atoms with Crippen molar-refractivity contribution in [3.8, 4) is 0 Å². The van der Waals surface area contributed by atoms with Gasteiger partial charge in [0.15, 0.2) is 0 Å². The number of hydrogen-bond acceptors (Lipinski definition) is 3. The average molecular weight is 242 g/mol. The number of ether oxygens (including phenoxy) is 1. The minimum absolute atomic E-state index is 0.140. The highest BCUT2D eigenvalue weighted by Crippen LogP contribution is 2.19. The number of hydrogen-bond donors (Lipinski definition) is 1. The summed E-state index contributed by atoms with van der Waals surface area (Å²) in [5.41, 5.74) is -0.293. The molecule has 0 aromatic rings. The molecule has 1 saturated heterocycles. The van der Waals surface area contributed by atoms with E-state index in [0.29, 0.717) is 13.2 Å². The molecular formula is C13H26N2O2. The molecule has 0 aliphatic carbocycles. The Hall–Kier alpha value is -0.610. The summed E-state index contributed by atoms with van der Waals surface area (Å²) in [5, 5.41) is 3.34. The van der Waals surface area contributed by atoms with Gasteiger partial charge in [0.25, 0.3) is 0 Å². The monoisotopic (exact) mass is 242 g/mol. The largest absolute Gasteiger partial charge is 0.373 e. The van der Waals surface area contributed by atoms with Gasteiger partial charge in [0.2, 0.25) is 5.91 Å². The van der Waals surface area contributed by atoms with Gasteiger partial charge >= 0.3 is 0 Å². The van der Waals surface area contributed by atoms with E-state index >= 15 is 0 Å². The fourth-order valence-corrected chi connectivity index (χ4v) is 1.94. The van der Waals surface area contributed by atoms with Crippen LogP contribution in [0.1, 0.15) is 34.1 Å². The van der Waals surface area contributed by atoms with Crippen LogP contribution < -0.4 is 5.32 Å². The van der Waals surface area contributed by atoms with Gasteiger partial charge in [-0.05, 0) is 13.0 Å². The van der Waals surface area contributed by atoms with Crippen molar-refractivity contribution in [3.05, 3.63) is 0 Å². The lowest BCUT2D eigenvalue weighted by Gasteiger charge is -2.36. The van der Waals surface area contributed by atoms with E-state index in [0.717, 1.165) is 26.1 Å². The summed E-state index contributed by atoms with van der Waals surface area (Å²) in [6, 6.07) is 0. The number of morpholine rings is 1. The molecule has 1 heterocycles. The Labute approximate surface area is 105 Å². The van der Waals surface area contributed by atoms with E-state index in [1.165, 1.54) is 0 Å². The summed E-state index contributed by atoms with van der Waals surface area (Å²) >= 11 is 0. The first-order valence-corrected chi connectivity index (χ1v) is 6.57. The predicted octanol–water partition coefficient (Wildman–Crippen LogP) is 1.26. The van der Waals surface area contributed by atoms with Gasteiger partial charge in [0, 0.05) is 25.0 Å². The van der Waals surface area contributed by atoms with Crippen molar-refractivity contribution >= 4 is 5.91 Å². The van der Waals surface area contributed by atoms with Crippen molar-refractivity contribution in [1.29, 1.82) is 0 Å². The fraction of sp³-hybridized carbons (Fsp3) is 0.923. The number of nitrogens with one attached hydrogen (secondary N) is 1. The van der Waals surface area contributed by atoms with Gasteiger partial charge in [-0.3, -0.25) is 4.79 Å². The van der Waals surface area contributed by atoms with Gasteiger partial charge < -0.3 is 15.0 Å². The van der Waals surface area contributed by atoms with E-state index in [9.17, 15) is 4.79 Å². The van der Waals surface area contributed by atoms with Crippen LogP contribution in [0.2, 0.25) is 0 Å². The molecule has 0 aromatic heterocycles. The zero-order valence-electron chi connectivity index (χ0n) is 11.6. The first-order valence-electron chi connectivity index (χ1n) is 6.57. The van der Waals surface area contributed by atoms with Crippen molar-refractivity contribution in [2.75, 3.05) is 32.8 Å². The molecule has 1 atom stereocenters. The molecule has 17 heavy (non-hydrogen) atoms. The van der Waals surface area contributed by atoms with Crippen LogP contribution in [0.4, 0.5) is 0 Å². The van der Waals surface area contributed by atoms with Gasteiger partial charge in [0.05, 0.1) is 12.7 Å². The number of amides is 1. The average Bonchev–Trinajstić information content (AvgIpc) is 2.28. The molecule has 0 aromatic carbocycles. The van der Waals surface area contributed by atoms with E-state index in [4.69, 9.17) is 4.74 Å². The molecule has 1 unspecified atom stereocenters. The van der Waals surface area contributed by atoms with Crippen LogP contribution >= 0.6 is 0 Å². The van der Waals surface area contributed by atoms with Gasteiger partial charge in [-0.2, -0.15) is 0 Å². The van der Waals surface area contributed by atoms with Gasteiger partial charge in [0.1, 0.15) is 0 Å². The summed E-state index contributed by atoms with van der Waals surface area (Å²) in [5.74, 6) is 0.223. The Bertz CT molecular complexity index is 248. The minimum atomic E-state index is -0.293. The van der Waals surface area contributed by atoms with E-state index < -0.39 is 0 Å². The fourth-order valence-electron chi connectivity index (χ4n) is 1.94. The summed E-state index contributed by atoms with van der Waals surface area (Å²) in [7, 11) is 0. The molecule has 1 fully saturated rings. The normalized spacial score (nSPS) is 21.6. The summed E-state index contributed by atoms with van der Waals surface area (Å²) < 4.78 is 5.66. The number of carbonyl (C=O) groups excluding carboxylic acids is 1. The van der Waals surface area contributed by atoms with Gasteiger partial charge in [-0.25, -0.2) is 0 Å². The molecule has 0 spiro atoms. The van der Waals surface area contributed by atoms with Crippen molar-refractivity contribution < 1.29 is 9.53 Å². The van der Waals surface area contributed by atoms with Crippen LogP contribution in [0.5, 0.6) is 0 Å². The second-order valence-corrected chi connectivity index (χ2v) is 5.70. The highest BCUT2D eigenvalue weighted by Gasteiger charge is 2.31. The topological polar surface area (TPSA) is 41.6 Å². The molecule has 1 rings (SSSR count). The standard InChI is InChI=1S/C13H26N2O2/c1-5-6-14-9-11-10-15(7-8-17-11)12(16)13(2,3)4/h11,14H,5-10H2,1-4H3. The smallest absolute Gasteiger partial charge is 0.228 e. The summed E-state index contributed by atoms with van der Waals surface area (Å²) in [6.07, 6.45) is 1.26. The Morgan fingerprint density at radius 1 is 1.47 bits per heavy atom. The van der Waals surface area contributed by atoms with E-state index in [2.05, 4.69) is 12.2 Å².